The Labute approximate surface area is 367 Å². The van der Waals surface area contributed by atoms with Gasteiger partial charge in [0.05, 0.1) is 0 Å². The van der Waals surface area contributed by atoms with Gasteiger partial charge in [-0.2, -0.15) is 0 Å². The summed E-state index contributed by atoms with van der Waals surface area (Å²) in [4.78, 5) is 68.8. The third-order valence-electron chi connectivity index (χ3n) is 11.7. The number of fused-ring (bicyclic) bond motifs is 2. The van der Waals surface area contributed by atoms with E-state index in [-0.39, 0.29) is 18.3 Å². The van der Waals surface area contributed by atoms with Gasteiger partial charge < -0.3 is 43.7 Å². The topological polar surface area (TPSA) is 201 Å². The summed E-state index contributed by atoms with van der Waals surface area (Å²) in [6.07, 6.45) is -4.14. The molecule has 338 valence electrons. The Kier molecular flexibility index (Phi) is 16.2. The average Bonchev–Trinajstić information content (AvgIpc) is 3.48. The van der Waals surface area contributed by atoms with Crippen LogP contribution in [0.4, 0.5) is 0 Å². The summed E-state index contributed by atoms with van der Waals surface area (Å²) in [5.41, 5.74) is -4.85. The van der Waals surface area contributed by atoms with E-state index in [1.165, 1.54) is 6.92 Å². The lowest BCUT2D eigenvalue weighted by Gasteiger charge is -2.49. The van der Waals surface area contributed by atoms with Crippen molar-refractivity contribution in [3.05, 3.63) is 132 Å². The van der Waals surface area contributed by atoms with Crippen molar-refractivity contribution >= 4 is 29.8 Å². The molecule has 0 aromatic heterocycles. The fourth-order valence-corrected chi connectivity index (χ4v) is 8.22. The first kappa shape index (κ1) is 48.4. The smallest absolute Gasteiger partial charge is 0.346 e. The van der Waals surface area contributed by atoms with Crippen molar-refractivity contribution in [2.75, 3.05) is 0 Å². The normalized spacial score (nSPS) is 25.9. The van der Waals surface area contributed by atoms with Gasteiger partial charge in [0.1, 0.15) is 25.4 Å². The zero-order valence-electron chi connectivity index (χ0n) is 36.3. The van der Waals surface area contributed by atoms with Crippen LogP contribution in [0.5, 0.6) is 0 Å². The van der Waals surface area contributed by atoms with Crippen molar-refractivity contribution in [2.24, 2.45) is 17.8 Å². The van der Waals surface area contributed by atoms with E-state index in [2.05, 4.69) is 13.5 Å². The maximum atomic E-state index is 14.9. The molecule has 14 nitrogen and oxygen atoms in total. The van der Waals surface area contributed by atoms with E-state index in [1.54, 1.807) is 66.7 Å². The molecule has 2 aliphatic rings. The van der Waals surface area contributed by atoms with Gasteiger partial charge in [0, 0.05) is 25.3 Å². The molecule has 0 saturated carbocycles. The quantitative estimate of drug-likeness (QED) is 0.0473. The maximum absolute atomic E-state index is 14.9. The molecule has 3 N–H and O–H groups in total. The summed E-state index contributed by atoms with van der Waals surface area (Å²) >= 11 is 0. The van der Waals surface area contributed by atoms with Gasteiger partial charge in [0.25, 0.3) is 5.60 Å². The SMILES string of the molecule is C=C(CC[C@@]12O[C@H](C(=O)O)[C@@](O)(C(=O)OCc3ccccc3)[C@@](C(=O)OCc3ccccc3)(O1)[C@H](OC(=O)/C=C/[C@@H](C)C[C@@H](C)CC)[C@H]2O)C(OC(C)=O)[C@H](C)Cc1ccccc1. The summed E-state index contributed by atoms with van der Waals surface area (Å²) in [5, 5.41) is 36.0. The first-order valence-corrected chi connectivity index (χ1v) is 21.2. The molecule has 0 radical (unpaired) electrons. The Morgan fingerprint density at radius 1 is 0.841 bits per heavy atom. The summed E-state index contributed by atoms with van der Waals surface area (Å²) in [6.45, 7) is 12.3. The average molecular weight is 871 g/mol. The summed E-state index contributed by atoms with van der Waals surface area (Å²) in [7, 11) is 0. The molecule has 2 aliphatic heterocycles. The number of aliphatic hydroxyl groups is 2. The molecule has 0 aliphatic carbocycles. The Bertz CT molecular complexity index is 2090. The third-order valence-corrected chi connectivity index (χ3v) is 11.7. The first-order valence-electron chi connectivity index (χ1n) is 21.2. The highest BCUT2D eigenvalue weighted by Crippen LogP contribution is 2.56. The molecular formula is C49H58O14. The van der Waals surface area contributed by atoms with E-state index in [4.69, 9.17) is 28.4 Å². The second-order valence-electron chi connectivity index (χ2n) is 16.6. The van der Waals surface area contributed by atoms with Crippen LogP contribution in [0.1, 0.15) is 77.0 Å². The van der Waals surface area contributed by atoms with Crippen molar-refractivity contribution in [1.82, 2.24) is 0 Å². The largest absolute Gasteiger partial charge is 0.479 e. The summed E-state index contributed by atoms with van der Waals surface area (Å²) < 4.78 is 35.2. The monoisotopic (exact) mass is 870 g/mol. The van der Waals surface area contributed by atoms with Crippen molar-refractivity contribution in [1.29, 1.82) is 0 Å². The maximum Gasteiger partial charge on any atom is 0.346 e. The molecule has 63 heavy (non-hydrogen) atoms. The van der Waals surface area contributed by atoms with Gasteiger partial charge >= 0.3 is 29.8 Å². The molecule has 2 heterocycles. The van der Waals surface area contributed by atoms with Gasteiger partial charge in [0.2, 0.25) is 17.5 Å². The molecular weight excluding hydrogens is 813 g/mol. The highest BCUT2D eigenvalue weighted by molar-refractivity contribution is 5.99. The second kappa shape index (κ2) is 21.1. The number of carboxylic acid groups (broad SMARTS) is 1. The van der Waals surface area contributed by atoms with Crippen LogP contribution in [0.2, 0.25) is 0 Å². The Balaban J connectivity index is 1.60. The lowest BCUT2D eigenvalue weighted by atomic mass is 9.74. The zero-order chi connectivity index (χ0) is 46.0. The predicted molar refractivity (Wildman–Crippen MR) is 228 cm³/mol. The lowest BCUT2D eigenvalue weighted by molar-refractivity contribution is -0.375. The van der Waals surface area contributed by atoms with Crippen LogP contribution in [-0.2, 0) is 72.0 Å². The molecule has 2 bridgehead atoms. The van der Waals surface area contributed by atoms with Crippen LogP contribution in [-0.4, -0.2) is 86.6 Å². The molecule has 0 spiro atoms. The van der Waals surface area contributed by atoms with Gasteiger partial charge in [-0.15, -0.1) is 0 Å². The number of esters is 4. The Morgan fingerprint density at radius 2 is 1.38 bits per heavy atom. The number of allylic oxidation sites excluding steroid dienone is 1. The number of carboxylic acids is 1. The van der Waals surface area contributed by atoms with Crippen molar-refractivity contribution < 1.29 is 67.7 Å². The molecule has 3 aromatic carbocycles. The number of ether oxygens (including phenoxy) is 6. The minimum atomic E-state index is -3.66. The summed E-state index contributed by atoms with van der Waals surface area (Å²) in [5.74, 6) is -9.64. The van der Waals surface area contributed by atoms with Crippen LogP contribution in [0.3, 0.4) is 0 Å². The molecule has 10 atom stereocenters. The molecule has 2 fully saturated rings. The van der Waals surface area contributed by atoms with E-state index < -0.39 is 90.9 Å². The minimum absolute atomic E-state index is 0.113. The number of hydrogen-bond acceptors (Lipinski definition) is 13. The second-order valence-corrected chi connectivity index (χ2v) is 16.6. The van der Waals surface area contributed by atoms with E-state index >= 15 is 0 Å². The minimum Gasteiger partial charge on any atom is -0.479 e. The van der Waals surface area contributed by atoms with E-state index in [1.807, 2.05) is 51.1 Å². The highest BCUT2D eigenvalue weighted by Gasteiger charge is 2.86. The predicted octanol–water partition coefficient (Wildman–Crippen LogP) is 6.20. The third kappa shape index (κ3) is 10.9. The fraction of sp³-hybridized carbons (Fsp3) is 0.449. The molecule has 2 saturated heterocycles. The van der Waals surface area contributed by atoms with Gasteiger partial charge in [-0.05, 0) is 53.4 Å². The van der Waals surface area contributed by atoms with Crippen molar-refractivity contribution in [3.8, 4) is 0 Å². The van der Waals surface area contributed by atoms with Crippen LogP contribution in [0.15, 0.2) is 115 Å². The number of benzene rings is 3. The molecule has 0 amide bonds. The van der Waals surface area contributed by atoms with Gasteiger partial charge in [0.15, 0.2) is 6.10 Å². The number of carbonyl (C=O) groups excluding carboxylic acids is 4. The first-order chi connectivity index (χ1) is 30.0. The standard InChI is InChI=1S/C49H58O14/c1-7-31(2)27-32(3)23-24-39(51)61-42-41(52)47(26-25-33(4)40(60-35(6)50)34(5)28-36-17-11-8-12-18-36)62-43(44(53)54)48(57,45(55)58-29-37-19-13-9-14-20-37)49(42,63-47)46(56)59-30-38-21-15-10-16-22-38/h8-24,31-32,34,40-43,52,57H,4,7,25-30H2,1-3,5-6H3,(H,53,54)/b24-23+/t31-,32+,34+,40?,41+,42+,43+,47+,48+,49+/m0/s1. The molecule has 3 aromatic rings. The number of aliphatic carboxylic acids is 1. The Morgan fingerprint density at radius 3 is 1.90 bits per heavy atom. The molecule has 14 heteroatoms. The van der Waals surface area contributed by atoms with E-state index in [9.17, 15) is 39.3 Å². The molecule has 5 rings (SSSR count). The Hall–Kier alpha value is -5.67. The number of rotatable bonds is 21. The van der Waals surface area contributed by atoms with Crippen molar-refractivity contribution in [3.63, 3.8) is 0 Å². The van der Waals surface area contributed by atoms with Crippen LogP contribution in [0.25, 0.3) is 0 Å². The van der Waals surface area contributed by atoms with Crippen LogP contribution >= 0.6 is 0 Å². The van der Waals surface area contributed by atoms with Crippen molar-refractivity contribution in [2.45, 2.75) is 121 Å². The van der Waals surface area contributed by atoms with Crippen LogP contribution in [0, 0.1) is 17.8 Å². The lowest BCUT2D eigenvalue weighted by Crippen LogP contribution is -2.78. The number of aliphatic hydroxyl groups excluding tert-OH is 1. The van der Waals surface area contributed by atoms with Gasteiger partial charge in [-0.3, -0.25) is 4.79 Å². The zero-order valence-corrected chi connectivity index (χ0v) is 36.3. The molecule has 1 unspecified atom stereocenters. The van der Waals surface area contributed by atoms with E-state index in [0.29, 0.717) is 29.0 Å². The van der Waals surface area contributed by atoms with Gasteiger partial charge in [-0.1, -0.05) is 138 Å². The summed E-state index contributed by atoms with van der Waals surface area (Å²) in [6, 6.07) is 26.0. The van der Waals surface area contributed by atoms with Gasteiger partial charge in [-0.25, -0.2) is 19.2 Å². The highest BCUT2D eigenvalue weighted by atomic mass is 16.8. The van der Waals surface area contributed by atoms with E-state index in [0.717, 1.165) is 24.5 Å². The van der Waals surface area contributed by atoms with Crippen LogP contribution < -0.4 is 0 Å². The number of carbonyl (C=O) groups is 5. The number of hydrogen-bond donors (Lipinski definition) is 3. The fourth-order valence-electron chi connectivity index (χ4n) is 8.22.